The number of benzene rings is 1. The second-order valence-electron chi connectivity index (χ2n) is 6.09. The van der Waals surface area contributed by atoms with Crippen LogP contribution in [0.15, 0.2) is 34.1 Å². The molecule has 0 saturated carbocycles. The van der Waals surface area contributed by atoms with E-state index in [2.05, 4.69) is 4.99 Å². The Hall–Kier alpha value is -3.07. The number of para-hydroxylation sites is 2. The largest absolute Gasteiger partial charge is 0.494 e. The van der Waals surface area contributed by atoms with Crippen LogP contribution in [0.25, 0.3) is 0 Å². The average molecular weight is 339 g/mol. The lowest BCUT2D eigenvalue weighted by atomic mass is 10.1. The third-order valence-corrected chi connectivity index (χ3v) is 3.81. The Morgan fingerprint density at radius 1 is 1.40 bits per heavy atom. The van der Waals surface area contributed by atoms with E-state index in [0.29, 0.717) is 29.1 Å². The van der Waals surface area contributed by atoms with Gasteiger partial charge in [0.15, 0.2) is 0 Å². The number of hydrogen-bond donors (Lipinski definition) is 1. The number of methoxy groups -OCH3 is 1. The van der Waals surface area contributed by atoms with Crippen LogP contribution in [0, 0.1) is 24.2 Å². The topological polar surface area (TPSA) is 87.6 Å². The number of aromatic nitrogens is 1. The third kappa shape index (κ3) is 3.72. The number of nitriles is 1. The van der Waals surface area contributed by atoms with Gasteiger partial charge in [0.25, 0.3) is 5.56 Å². The van der Waals surface area contributed by atoms with Crippen LogP contribution in [0.1, 0.15) is 30.5 Å². The second kappa shape index (κ2) is 7.67. The van der Waals surface area contributed by atoms with Crippen LogP contribution in [0.2, 0.25) is 0 Å². The maximum Gasteiger partial charge on any atom is 0.271 e. The van der Waals surface area contributed by atoms with E-state index in [0.717, 1.165) is 0 Å². The molecule has 0 aliphatic carbocycles. The van der Waals surface area contributed by atoms with Crippen molar-refractivity contribution in [3.63, 3.8) is 0 Å². The highest BCUT2D eigenvalue weighted by atomic mass is 16.5. The van der Waals surface area contributed by atoms with Crippen molar-refractivity contribution in [2.45, 2.75) is 27.3 Å². The van der Waals surface area contributed by atoms with E-state index in [-0.39, 0.29) is 17.4 Å². The molecule has 1 aromatic carbocycles. The Balaban J connectivity index is 2.63. The van der Waals surface area contributed by atoms with Crippen molar-refractivity contribution >= 4 is 11.9 Å². The minimum atomic E-state index is -0.486. The minimum Gasteiger partial charge on any atom is -0.494 e. The first-order valence-electron chi connectivity index (χ1n) is 7.94. The van der Waals surface area contributed by atoms with Crippen LogP contribution in [-0.2, 0) is 6.54 Å². The molecule has 1 N–H and O–H groups in total. The number of aromatic hydroxyl groups is 1. The van der Waals surface area contributed by atoms with Gasteiger partial charge in [-0.05, 0) is 30.5 Å². The molecule has 0 unspecified atom stereocenters. The summed E-state index contributed by atoms with van der Waals surface area (Å²) in [7, 11) is 1.55. The van der Waals surface area contributed by atoms with E-state index < -0.39 is 5.56 Å². The van der Waals surface area contributed by atoms with Crippen molar-refractivity contribution < 1.29 is 9.84 Å². The Kier molecular flexibility index (Phi) is 5.60. The number of nitrogens with zero attached hydrogens (tertiary/aromatic N) is 3. The molecule has 0 saturated heterocycles. The Morgan fingerprint density at radius 2 is 2.08 bits per heavy atom. The molecule has 0 amide bonds. The summed E-state index contributed by atoms with van der Waals surface area (Å²) in [5, 5.41) is 19.9. The monoisotopic (exact) mass is 339 g/mol. The van der Waals surface area contributed by atoms with E-state index in [1.165, 1.54) is 10.8 Å². The fourth-order valence-electron chi connectivity index (χ4n) is 2.53. The van der Waals surface area contributed by atoms with Crippen LogP contribution in [0.5, 0.6) is 11.6 Å². The van der Waals surface area contributed by atoms with Crippen molar-refractivity contribution in [2.24, 2.45) is 10.9 Å². The summed E-state index contributed by atoms with van der Waals surface area (Å²) in [5.41, 5.74) is 0.871. The van der Waals surface area contributed by atoms with Crippen molar-refractivity contribution in [1.29, 1.82) is 5.26 Å². The molecule has 130 valence electrons. The molecule has 1 aromatic heterocycles. The number of aliphatic imine (C=N–C) groups is 1. The molecular weight excluding hydrogens is 318 g/mol. The molecule has 0 aliphatic rings. The van der Waals surface area contributed by atoms with Gasteiger partial charge < -0.3 is 9.84 Å². The fraction of sp³-hybridized carbons (Fsp3) is 0.316. The molecule has 0 spiro atoms. The number of ether oxygens (including phenoxy) is 1. The summed E-state index contributed by atoms with van der Waals surface area (Å²) < 4.78 is 6.47. The van der Waals surface area contributed by atoms with Gasteiger partial charge in [-0.3, -0.25) is 14.4 Å². The number of rotatable bonds is 5. The minimum absolute atomic E-state index is 0.0138. The standard InChI is InChI=1S/C19H21N3O3/c1-12(2)11-22-18(23)14(9-20)13(3)15(19(22)24)10-21-16-7-5-6-8-17(16)25-4/h5-8,10,12,24H,11H2,1-4H3. The van der Waals surface area contributed by atoms with Crippen LogP contribution < -0.4 is 10.3 Å². The van der Waals surface area contributed by atoms with Gasteiger partial charge in [-0.2, -0.15) is 5.26 Å². The van der Waals surface area contributed by atoms with Gasteiger partial charge in [0, 0.05) is 12.8 Å². The van der Waals surface area contributed by atoms with Gasteiger partial charge in [-0.1, -0.05) is 26.0 Å². The zero-order valence-electron chi connectivity index (χ0n) is 14.8. The summed E-state index contributed by atoms with van der Waals surface area (Å²) in [6, 6.07) is 9.14. The van der Waals surface area contributed by atoms with E-state index in [4.69, 9.17) is 4.74 Å². The molecule has 0 fully saturated rings. The molecule has 6 nitrogen and oxygen atoms in total. The lowest BCUT2D eigenvalue weighted by Gasteiger charge is -2.15. The van der Waals surface area contributed by atoms with Crippen molar-refractivity contribution in [3.05, 3.63) is 51.3 Å². The first-order valence-corrected chi connectivity index (χ1v) is 7.94. The molecule has 0 aliphatic heterocycles. The van der Waals surface area contributed by atoms with E-state index in [1.54, 1.807) is 26.2 Å². The van der Waals surface area contributed by atoms with E-state index >= 15 is 0 Å². The maximum absolute atomic E-state index is 12.4. The summed E-state index contributed by atoms with van der Waals surface area (Å²) in [6.45, 7) is 5.80. The van der Waals surface area contributed by atoms with Crippen LogP contribution in [0.4, 0.5) is 5.69 Å². The predicted octanol–water partition coefficient (Wildman–Crippen LogP) is 3.15. The zero-order valence-corrected chi connectivity index (χ0v) is 14.8. The van der Waals surface area contributed by atoms with Gasteiger partial charge in [0.1, 0.15) is 23.1 Å². The van der Waals surface area contributed by atoms with Gasteiger partial charge in [-0.25, -0.2) is 0 Å². The Bertz CT molecular complexity index is 905. The molecule has 0 radical (unpaired) electrons. The maximum atomic E-state index is 12.4. The highest BCUT2D eigenvalue weighted by molar-refractivity contribution is 5.87. The summed E-state index contributed by atoms with van der Waals surface area (Å²) in [6.07, 6.45) is 1.46. The van der Waals surface area contributed by atoms with Crippen LogP contribution >= 0.6 is 0 Å². The van der Waals surface area contributed by atoms with Crippen molar-refractivity contribution in [3.8, 4) is 17.7 Å². The second-order valence-corrected chi connectivity index (χ2v) is 6.09. The lowest BCUT2D eigenvalue weighted by Crippen LogP contribution is -2.27. The van der Waals surface area contributed by atoms with Gasteiger partial charge in [0.05, 0.1) is 12.7 Å². The highest BCUT2D eigenvalue weighted by Gasteiger charge is 2.18. The number of pyridine rings is 1. The van der Waals surface area contributed by atoms with Gasteiger partial charge >= 0.3 is 0 Å². The third-order valence-electron chi connectivity index (χ3n) is 3.81. The van der Waals surface area contributed by atoms with E-state index in [1.807, 2.05) is 32.0 Å². The van der Waals surface area contributed by atoms with Crippen LogP contribution in [0.3, 0.4) is 0 Å². The molecule has 25 heavy (non-hydrogen) atoms. The molecule has 6 heteroatoms. The van der Waals surface area contributed by atoms with Gasteiger partial charge in [-0.15, -0.1) is 0 Å². The SMILES string of the molecule is COc1ccccc1N=Cc1c(C)c(C#N)c(=O)n(CC(C)C)c1O. The normalized spacial score (nSPS) is 11.0. The Morgan fingerprint density at radius 3 is 2.68 bits per heavy atom. The van der Waals surface area contributed by atoms with E-state index in [9.17, 15) is 15.2 Å². The molecule has 2 aromatic rings. The summed E-state index contributed by atoms with van der Waals surface area (Å²) in [5.74, 6) is 0.539. The molecule has 2 rings (SSSR count). The fourth-order valence-corrected chi connectivity index (χ4v) is 2.53. The van der Waals surface area contributed by atoms with Crippen molar-refractivity contribution in [1.82, 2.24) is 4.57 Å². The zero-order chi connectivity index (χ0) is 18.6. The first kappa shape index (κ1) is 18.3. The Labute approximate surface area is 146 Å². The smallest absolute Gasteiger partial charge is 0.271 e. The number of hydrogen-bond acceptors (Lipinski definition) is 5. The molecule has 0 atom stereocenters. The van der Waals surface area contributed by atoms with Crippen molar-refractivity contribution in [2.75, 3.05) is 7.11 Å². The predicted molar refractivity (Wildman–Crippen MR) is 96.9 cm³/mol. The summed E-state index contributed by atoms with van der Waals surface area (Å²) >= 11 is 0. The lowest BCUT2D eigenvalue weighted by molar-refractivity contribution is 0.381. The highest BCUT2D eigenvalue weighted by Crippen LogP contribution is 2.27. The summed E-state index contributed by atoms with van der Waals surface area (Å²) in [4.78, 5) is 16.8. The average Bonchev–Trinajstić information content (AvgIpc) is 2.59. The van der Waals surface area contributed by atoms with Crippen LogP contribution in [-0.4, -0.2) is 23.0 Å². The van der Waals surface area contributed by atoms with Gasteiger partial charge in [0.2, 0.25) is 5.88 Å². The quantitative estimate of drug-likeness (QED) is 0.848. The first-order chi connectivity index (χ1) is 11.9. The molecule has 0 bridgehead atoms. The molecule has 1 heterocycles. The molecular formula is C19H21N3O3.